The number of imidazole rings is 1. The molecule has 8 rings (SSSR count). The molecule has 0 bridgehead atoms. The monoisotopic (exact) mass is 550 g/mol. The summed E-state index contributed by atoms with van der Waals surface area (Å²) in [7, 11) is 0. The van der Waals surface area contributed by atoms with Gasteiger partial charge in [0.15, 0.2) is 17.3 Å². The molecule has 10 heteroatoms. The van der Waals surface area contributed by atoms with E-state index in [9.17, 15) is 0 Å². The van der Waals surface area contributed by atoms with Crippen molar-refractivity contribution >= 4 is 17.0 Å². The maximum atomic E-state index is 6.34. The summed E-state index contributed by atoms with van der Waals surface area (Å²) in [6.45, 7) is 0. The molecule has 10 nitrogen and oxygen atoms in total. The summed E-state index contributed by atoms with van der Waals surface area (Å²) >= 11 is 0. The summed E-state index contributed by atoms with van der Waals surface area (Å²) in [6.07, 6.45) is 10.0. The Morgan fingerprint density at radius 1 is 0.905 bits per heavy atom. The zero-order valence-corrected chi connectivity index (χ0v) is 22.6. The maximum absolute atomic E-state index is 6.34. The van der Waals surface area contributed by atoms with E-state index in [0.717, 1.165) is 47.4 Å². The summed E-state index contributed by atoms with van der Waals surface area (Å²) in [5.41, 5.74) is 14.3. The lowest BCUT2D eigenvalue weighted by atomic mass is 10.1. The Kier molecular flexibility index (Phi) is 5.63. The zero-order chi connectivity index (χ0) is 28.0. The molecule has 1 aliphatic rings. The SMILES string of the molecule is Nc1ncccc1-c1nc2ccc(-n3cccn3)nc2n1-c1ccc2c(c1)CC[C@@H]2n1cc(Cc2ccccc2)nn1. The Morgan fingerprint density at radius 3 is 2.69 bits per heavy atom. The number of nitrogens with two attached hydrogens (primary N) is 1. The van der Waals surface area contributed by atoms with Crippen molar-refractivity contribution in [3.63, 3.8) is 0 Å². The number of pyridine rings is 2. The molecule has 42 heavy (non-hydrogen) atoms. The van der Waals surface area contributed by atoms with E-state index in [1.54, 1.807) is 17.1 Å². The average Bonchev–Trinajstić information content (AvgIpc) is 3.83. The first-order valence-electron chi connectivity index (χ1n) is 13.9. The van der Waals surface area contributed by atoms with Crippen LogP contribution in [0.5, 0.6) is 0 Å². The normalized spacial score (nSPS) is 14.4. The molecule has 1 atom stereocenters. The number of hydrogen-bond acceptors (Lipinski definition) is 7. The Bertz CT molecular complexity index is 2040. The van der Waals surface area contributed by atoms with E-state index < -0.39 is 0 Å². The van der Waals surface area contributed by atoms with Gasteiger partial charge in [0.05, 0.1) is 17.3 Å². The summed E-state index contributed by atoms with van der Waals surface area (Å²) in [6, 6.07) is 26.6. The molecule has 0 unspecified atom stereocenters. The van der Waals surface area contributed by atoms with Crippen LogP contribution in [0, 0.1) is 0 Å². The molecular weight excluding hydrogens is 524 g/mol. The quantitative estimate of drug-likeness (QED) is 0.311. The van der Waals surface area contributed by atoms with Crippen LogP contribution < -0.4 is 5.73 Å². The van der Waals surface area contributed by atoms with Crippen LogP contribution in [0.1, 0.15) is 34.8 Å². The van der Waals surface area contributed by atoms with Gasteiger partial charge in [0.1, 0.15) is 11.3 Å². The van der Waals surface area contributed by atoms with Gasteiger partial charge < -0.3 is 5.73 Å². The first-order chi connectivity index (χ1) is 20.7. The third-order valence-corrected chi connectivity index (χ3v) is 7.84. The van der Waals surface area contributed by atoms with Gasteiger partial charge in [-0.05, 0) is 72.0 Å². The van der Waals surface area contributed by atoms with Crippen LogP contribution in [0.4, 0.5) is 5.82 Å². The number of benzene rings is 2. The second kappa shape index (κ2) is 9.77. The van der Waals surface area contributed by atoms with Gasteiger partial charge in [-0.15, -0.1) is 5.10 Å². The lowest BCUT2D eigenvalue weighted by molar-refractivity contribution is 0.504. The molecule has 0 amide bonds. The number of anilines is 1. The fraction of sp³-hybridized carbons (Fsp3) is 0.125. The number of nitrogens with zero attached hydrogens (tertiary/aromatic N) is 9. The van der Waals surface area contributed by atoms with Crippen molar-refractivity contribution in [1.29, 1.82) is 0 Å². The van der Waals surface area contributed by atoms with Gasteiger partial charge in [0.2, 0.25) is 0 Å². The summed E-state index contributed by atoms with van der Waals surface area (Å²) in [4.78, 5) is 14.3. The van der Waals surface area contributed by atoms with Crippen LogP contribution in [0.2, 0.25) is 0 Å². The van der Waals surface area contributed by atoms with Gasteiger partial charge in [-0.1, -0.05) is 41.6 Å². The van der Waals surface area contributed by atoms with Crippen molar-refractivity contribution in [3.05, 3.63) is 126 Å². The van der Waals surface area contributed by atoms with Crippen LogP contribution in [-0.4, -0.2) is 44.3 Å². The molecule has 0 spiro atoms. The topological polar surface area (TPSA) is 118 Å². The minimum Gasteiger partial charge on any atom is -0.383 e. The van der Waals surface area contributed by atoms with Crippen LogP contribution >= 0.6 is 0 Å². The molecular formula is C32H26N10. The van der Waals surface area contributed by atoms with Gasteiger partial charge in [0.25, 0.3) is 0 Å². The number of aromatic nitrogens is 9. The van der Waals surface area contributed by atoms with Crippen LogP contribution in [0.15, 0.2) is 104 Å². The van der Waals surface area contributed by atoms with Gasteiger partial charge in [0, 0.05) is 36.9 Å². The molecule has 0 fully saturated rings. The number of fused-ring (bicyclic) bond motifs is 2. The van der Waals surface area contributed by atoms with E-state index >= 15 is 0 Å². The molecule has 0 saturated heterocycles. The number of hydrogen-bond donors (Lipinski definition) is 1. The standard InChI is InChI=1S/C32H26N10/c33-30-26(8-4-15-34-30)31-36-27-12-14-29(40-17-5-16-35-40)37-32(27)42(31)24-10-11-25-22(19-24)9-13-28(25)41-20-23(38-39-41)18-21-6-2-1-3-7-21/h1-8,10-12,14-17,19-20,28H,9,13,18H2,(H2,33,34)/t28-/m0/s1. The van der Waals surface area contributed by atoms with E-state index in [4.69, 9.17) is 15.7 Å². The lowest BCUT2D eigenvalue weighted by Crippen LogP contribution is -2.08. The minimum absolute atomic E-state index is 0.142. The molecule has 2 N–H and O–H groups in total. The fourth-order valence-electron chi connectivity index (χ4n) is 5.86. The first-order valence-corrected chi connectivity index (χ1v) is 13.9. The molecule has 0 aliphatic heterocycles. The Morgan fingerprint density at radius 2 is 1.83 bits per heavy atom. The van der Waals surface area contributed by atoms with E-state index in [-0.39, 0.29) is 6.04 Å². The molecule has 204 valence electrons. The second-order valence-electron chi connectivity index (χ2n) is 10.5. The predicted octanol–water partition coefficient (Wildman–Crippen LogP) is 4.97. The molecule has 7 aromatic rings. The number of rotatable bonds is 6. The molecule has 1 aliphatic carbocycles. The number of aryl methyl sites for hydroxylation is 1. The average molecular weight is 551 g/mol. The molecule has 0 radical (unpaired) electrons. The highest BCUT2D eigenvalue weighted by atomic mass is 15.4. The molecule has 5 heterocycles. The van der Waals surface area contributed by atoms with Crippen LogP contribution in [0.25, 0.3) is 34.1 Å². The van der Waals surface area contributed by atoms with E-state index in [1.165, 1.54) is 16.7 Å². The lowest BCUT2D eigenvalue weighted by Gasteiger charge is -2.14. The van der Waals surface area contributed by atoms with Crippen molar-refractivity contribution in [3.8, 4) is 22.9 Å². The van der Waals surface area contributed by atoms with Gasteiger partial charge in [-0.3, -0.25) is 4.57 Å². The van der Waals surface area contributed by atoms with E-state index in [2.05, 4.69) is 73.6 Å². The molecule has 0 saturated carbocycles. The van der Waals surface area contributed by atoms with Gasteiger partial charge >= 0.3 is 0 Å². The Hall–Kier alpha value is -5.64. The fourth-order valence-corrected chi connectivity index (χ4v) is 5.86. The summed E-state index contributed by atoms with van der Waals surface area (Å²) < 4.78 is 5.82. The third-order valence-electron chi connectivity index (χ3n) is 7.84. The highest BCUT2D eigenvalue weighted by Crippen LogP contribution is 2.37. The molecule has 2 aromatic carbocycles. The van der Waals surface area contributed by atoms with Gasteiger partial charge in [-0.25, -0.2) is 24.3 Å². The van der Waals surface area contributed by atoms with E-state index in [0.29, 0.717) is 17.5 Å². The van der Waals surface area contributed by atoms with Crippen LogP contribution in [0.3, 0.4) is 0 Å². The van der Waals surface area contributed by atoms with Gasteiger partial charge in [-0.2, -0.15) is 5.10 Å². The van der Waals surface area contributed by atoms with Crippen molar-refractivity contribution in [1.82, 2.24) is 44.3 Å². The minimum atomic E-state index is 0.142. The second-order valence-corrected chi connectivity index (χ2v) is 10.5. The Balaban J connectivity index is 1.20. The predicted molar refractivity (Wildman–Crippen MR) is 159 cm³/mol. The van der Waals surface area contributed by atoms with Crippen LogP contribution in [-0.2, 0) is 12.8 Å². The van der Waals surface area contributed by atoms with Crippen molar-refractivity contribution in [2.75, 3.05) is 5.73 Å². The summed E-state index contributed by atoms with van der Waals surface area (Å²) in [5.74, 6) is 1.81. The van der Waals surface area contributed by atoms with Crippen molar-refractivity contribution in [2.24, 2.45) is 0 Å². The highest BCUT2D eigenvalue weighted by Gasteiger charge is 2.27. The highest BCUT2D eigenvalue weighted by molar-refractivity contribution is 5.83. The molecule has 5 aromatic heterocycles. The largest absolute Gasteiger partial charge is 0.383 e. The smallest absolute Gasteiger partial charge is 0.167 e. The Labute approximate surface area is 241 Å². The number of nitrogen functional groups attached to an aromatic ring is 1. The first kappa shape index (κ1) is 24.2. The zero-order valence-electron chi connectivity index (χ0n) is 22.6. The van der Waals surface area contributed by atoms with Crippen molar-refractivity contribution in [2.45, 2.75) is 25.3 Å². The van der Waals surface area contributed by atoms with E-state index in [1.807, 2.05) is 47.3 Å². The van der Waals surface area contributed by atoms with Crippen molar-refractivity contribution < 1.29 is 0 Å². The third kappa shape index (κ3) is 4.12. The maximum Gasteiger partial charge on any atom is 0.167 e. The summed E-state index contributed by atoms with van der Waals surface area (Å²) in [5, 5.41) is 13.4.